The Morgan fingerprint density at radius 2 is 2.37 bits per heavy atom. The predicted molar refractivity (Wildman–Crippen MR) is 78.6 cm³/mol. The molecule has 1 aliphatic rings. The van der Waals surface area contributed by atoms with Gasteiger partial charge in [-0.15, -0.1) is 6.42 Å². The predicted octanol–water partition coefficient (Wildman–Crippen LogP) is 3.06. The second-order valence-corrected chi connectivity index (χ2v) is 5.43. The minimum absolute atomic E-state index is 0.00704. The van der Waals surface area contributed by atoms with Gasteiger partial charge in [0.25, 0.3) is 0 Å². The van der Waals surface area contributed by atoms with E-state index in [-0.39, 0.29) is 6.23 Å². The van der Waals surface area contributed by atoms with Crippen molar-refractivity contribution in [3.63, 3.8) is 0 Å². The molecule has 98 valence electrons. The first-order valence-corrected chi connectivity index (χ1v) is 7.05. The minimum Gasteiger partial charge on any atom is -0.397 e. The Hall–Kier alpha value is -1.51. The van der Waals surface area contributed by atoms with Crippen LogP contribution in [0.4, 0.5) is 5.69 Å². The third kappa shape index (κ3) is 2.01. The van der Waals surface area contributed by atoms with E-state index >= 15 is 0 Å². The third-order valence-corrected chi connectivity index (χ3v) is 4.32. The number of ether oxygens (including phenoxy) is 1. The van der Waals surface area contributed by atoms with Crippen molar-refractivity contribution < 1.29 is 4.74 Å². The van der Waals surface area contributed by atoms with Crippen molar-refractivity contribution in [2.75, 3.05) is 12.3 Å². The molecule has 1 saturated heterocycles. The highest BCUT2D eigenvalue weighted by Gasteiger charge is 2.20. The number of halogens is 1. The zero-order valence-electron chi connectivity index (χ0n) is 10.4. The van der Waals surface area contributed by atoms with Gasteiger partial charge in [0.05, 0.1) is 27.4 Å². The maximum absolute atomic E-state index is 5.99. The molecule has 1 atom stereocenters. The van der Waals surface area contributed by atoms with E-state index in [2.05, 4.69) is 26.9 Å². The van der Waals surface area contributed by atoms with Crippen molar-refractivity contribution in [1.82, 2.24) is 9.78 Å². The molecule has 2 aromatic rings. The van der Waals surface area contributed by atoms with Gasteiger partial charge in [-0.25, -0.2) is 4.68 Å². The molecule has 4 nitrogen and oxygen atoms in total. The highest BCUT2D eigenvalue weighted by molar-refractivity contribution is 9.10. The van der Waals surface area contributed by atoms with Crippen LogP contribution in [0.3, 0.4) is 0 Å². The van der Waals surface area contributed by atoms with Crippen molar-refractivity contribution in [1.29, 1.82) is 0 Å². The van der Waals surface area contributed by atoms with Crippen LogP contribution in [0.1, 0.15) is 31.1 Å². The standard InChI is InChI=1S/C14H14BrN3O/c1-2-9-7-11-10(13(15)14(9)16)8-17-18(11)12-5-3-4-6-19-12/h1,7-8,12H,3-6,16H2. The first-order chi connectivity index (χ1) is 9.22. The molecular formula is C14H14BrN3O. The summed E-state index contributed by atoms with van der Waals surface area (Å²) >= 11 is 3.50. The van der Waals surface area contributed by atoms with Crippen molar-refractivity contribution >= 4 is 32.5 Å². The van der Waals surface area contributed by atoms with Gasteiger partial charge in [-0.05, 0) is 41.3 Å². The van der Waals surface area contributed by atoms with Gasteiger partial charge in [0, 0.05) is 12.0 Å². The first-order valence-electron chi connectivity index (χ1n) is 6.25. The molecule has 0 aliphatic carbocycles. The van der Waals surface area contributed by atoms with Crippen LogP contribution in [-0.4, -0.2) is 16.4 Å². The monoisotopic (exact) mass is 319 g/mol. The maximum Gasteiger partial charge on any atom is 0.150 e. The Kier molecular flexibility index (Phi) is 3.21. The molecule has 1 aromatic heterocycles. The Labute approximate surface area is 120 Å². The molecule has 1 unspecified atom stereocenters. The van der Waals surface area contributed by atoms with E-state index in [0.29, 0.717) is 11.3 Å². The lowest BCUT2D eigenvalue weighted by molar-refractivity contribution is -0.0366. The summed E-state index contributed by atoms with van der Waals surface area (Å²) in [6.07, 6.45) is 10.5. The number of benzene rings is 1. The molecule has 1 aliphatic heterocycles. The quantitative estimate of drug-likeness (QED) is 0.649. The molecule has 5 heteroatoms. The summed E-state index contributed by atoms with van der Waals surface area (Å²) in [4.78, 5) is 0. The second kappa shape index (κ2) is 4.87. The van der Waals surface area contributed by atoms with Gasteiger partial charge in [-0.3, -0.25) is 0 Å². The fraction of sp³-hybridized carbons (Fsp3) is 0.357. The average molecular weight is 320 g/mol. The Balaban J connectivity index is 2.17. The summed E-state index contributed by atoms with van der Waals surface area (Å²) in [5, 5.41) is 5.40. The average Bonchev–Trinajstić information content (AvgIpc) is 2.87. The molecule has 0 saturated carbocycles. The zero-order chi connectivity index (χ0) is 13.4. The number of nitrogen functional groups attached to an aromatic ring is 1. The fourth-order valence-electron chi connectivity index (χ4n) is 2.43. The van der Waals surface area contributed by atoms with E-state index in [9.17, 15) is 0 Å². The van der Waals surface area contributed by atoms with E-state index < -0.39 is 0 Å². The summed E-state index contributed by atoms with van der Waals surface area (Å²) < 4.78 is 8.48. The Morgan fingerprint density at radius 3 is 3.05 bits per heavy atom. The molecule has 0 spiro atoms. The topological polar surface area (TPSA) is 53.1 Å². The Morgan fingerprint density at radius 1 is 1.53 bits per heavy atom. The van der Waals surface area contributed by atoms with Crippen LogP contribution >= 0.6 is 15.9 Å². The van der Waals surface area contributed by atoms with E-state index in [1.54, 1.807) is 6.20 Å². The van der Waals surface area contributed by atoms with Gasteiger partial charge in [0.2, 0.25) is 0 Å². The molecule has 0 amide bonds. The minimum atomic E-state index is -0.00704. The number of terminal acetylenes is 1. The zero-order valence-corrected chi connectivity index (χ0v) is 12.0. The lowest BCUT2D eigenvalue weighted by atomic mass is 10.1. The van der Waals surface area contributed by atoms with E-state index in [1.165, 1.54) is 0 Å². The van der Waals surface area contributed by atoms with Gasteiger partial charge < -0.3 is 10.5 Å². The molecule has 3 rings (SSSR count). The van der Waals surface area contributed by atoms with Crippen LogP contribution in [0.25, 0.3) is 10.9 Å². The molecule has 2 heterocycles. The SMILES string of the molecule is C#Cc1cc2c(cnn2C2CCCCO2)c(Br)c1N. The second-order valence-electron chi connectivity index (χ2n) is 4.64. The smallest absolute Gasteiger partial charge is 0.150 e. The number of nitrogens with zero attached hydrogens (tertiary/aromatic N) is 2. The first kappa shape index (κ1) is 12.5. The highest BCUT2D eigenvalue weighted by Crippen LogP contribution is 2.34. The largest absolute Gasteiger partial charge is 0.397 e. The van der Waals surface area contributed by atoms with Gasteiger partial charge >= 0.3 is 0 Å². The van der Waals surface area contributed by atoms with Crippen molar-refractivity contribution in [3.8, 4) is 12.3 Å². The number of anilines is 1. The number of rotatable bonds is 1. The van der Waals surface area contributed by atoms with Crippen LogP contribution in [0.2, 0.25) is 0 Å². The third-order valence-electron chi connectivity index (χ3n) is 3.46. The summed E-state index contributed by atoms with van der Waals surface area (Å²) in [6.45, 7) is 0.782. The normalized spacial score (nSPS) is 19.5. The van der Waals surface area contributed by atoms with Crippen molar-refractivity contribution in [3.05, 3.63) is 22.3 Å². The van der Waals surface area contributed by atoms with Gasteiger partial charge in [0.15, 0.2) is 6.23 Å². The maximum atomic E-state index is 5.99. The summed E-state index contributed by atoms with van der Waals surface area (Å²) in [5.41, 5.74) is 8.21. The summed E-state index contributed by atoms with van der Waals surface area (Å²) in [6, 6.07) is 1.90. The lowest BCUT2D eigenvalue weighted by Crippen LogP contribution is -2.19. The summed E-state index contributed by atoms with van der Waals surface area (Å²) in [5.74, 6) is 2.61. The van der Waals surface area contributed by atoms with E-state index in [0.717, 1.165) is 41.2 Å². The molecule has 1 fully saturated rings. The van der Waals surface area contributed by atoms with Crippen molar-refractivity contribution in [2.24, 2.45) is 0 Å². The molecule has 0 radical (unpaired) electrons. The Bertz CT molecular complexity index is 665. The van der Waals surface area contributed by atoms with Crippen LogP contribution in [0, 0.1) is 12.3 Å². The molecule has 19 heavy (non-hydrogen) atoms. The van der Waals surface area contributed by atoms with Crippen molar-refractivity contribution in [2.45, 2.75) is 25.5 Å². The fourth-order valence-corrected chi connectivity index (χ4v) is 2.95. The van der Waals surface area contributed by atoms with Crippen LogP contribution < -0.4 is 5.73 Å². The van der Waals surface area contributed by atoms with Crippen LogP contribution in [0.15, 0.2) is 16.7 Å². The molecule has 1 aromatic carbocycles. The molecule has 0 bridgehead atoms. The summed E-state index contributed by atoms with van der Waals surface area (Å²) in [7, 11) is 0. The number of aromatic nitrogens is 2. The molecule has 2 N–H and O–H groups in total. The number of hydrogen-bond acceptors (Lipinski definition) is 3. The highest BCUT2D eigenvalue weighted by atomic mass is 79.9. The van der Waals surface area contributed by atoms with Crippen LogP contribution in [0.5, 0.6) is 0 Å². The van der Waals surface area contributed by atoms with E-state index in [1.807, 2.05) is 10.7 Å². The van der Waals surface area contributed by atoms with Gasteiger partial charge in [-0.2, -0.15) is 5.10 Å². The lowest BCUT2D eigenvalue weighted by Gasteiger charge is -2.23. The van der Waals surface area contributed by atoms with Gasteiger partial charge in [0.1, 0.15) is 0 Å². The van der Waals surface area contributed by atoms with Gasteiger partial charge in [-0.1, -0.05) is 5.92 Å². The number of fused-ring (bicyclic) bond motifs is 1. The molecular weight excluding hydrogens is 306 g/mol. The van der Waals surface area contributed by atoms with Crippen LogP contribution in [-0.2, 0) is 4.74 Å². The number of hydrogen-bond donors (Lipinski definition) is 1. The number of nitrogens with two attached hydrogens (primary N) is 1. The van der Waals surface area contributed by atoms with E-state index in [4.69, 9.17) is 16.9 Å².